The van der Waals surface area contributed by atoms with Gasteiger partial charge in [0.25, 0.3) is 0 Å². The average molecular weight is 290 g/mol. The predicted octanol–water partition coefficient (Wildman–Crippen LogP) is 4.13. The molecule has 2 aromatic carbocycles. The van der Waals surface area contributed by atoms with Crippen molar-refractivity contribution in [3.63, 3.8) is 0 Å². The number of esters is 1. The number of nitrogens with one attached hydrogen (secondary N) is 1. The summed E-state index contributed by atoms with van der Waals surface area (Å²) in [6, 6.07) is 14.9. The van der Waals surface area contributed by atoms with Crippen molar-refractivity contribution in [3.8, 4) is 0 Å². The van der Waals surface area contributed by atoms with Crippen LogP contribution in [0.15, 0.2) is 48.5 Å². The number of rotatable bonds is 5. The summed E-state index contributed by atoms with van der Waals surface area (Å²) in [6.45, 7) is 2.70. The number of hydrogen-bond donors (Lipinski definition) is 1. The standard InChI is InChI=1S/C16H16ClNO2/c1-2-20-16(19)13-8-4-6-10-15(13)18-11-12-7-3-5-9-14(12)17/h3-10,18H,2,11H2,1H3. The van der Waals surface area contributed by atoms with Crippen molar-refractivity contribution in [1.82, 2.24) is 0 Å². The maximum atomic E-state index is 11.9. The van der Waals surface area contributed by atoms with Gasteiger partial charge in [-0.15, -0.1) is 0 Å². The molecule has 0 bridgehead atoms. The molecule has 3 nitrogen and oxygen atoms in total. The molecule has 0 saturated heterocycles. The van der Waals surface area contributed by atoms with Crippen LogP contribution in [0, 0.1) is 0 Å². The molecule has 0 aromatic heterocycles. The van der Waals surface area contributed by atoms with Crippen LogP contribution < -0.4 is 5.32 Å². The summed E-state index contributed by atoms with van der Waals surface area (Å²) in [7, 11) is 0. The molecule has 0 radical (unpaired) electrons. The summed E-state index contributed by atoms with van der Waals surface area (Å²) >= 11 is 6.11. The molecule has 0 atom stereocenters. The summed E-state index contributed by atoms with van der Waals surface area (Å²) in [5, 5.41) is 3.93. The molecule has 0 aliphatic heterocycles. The first kappa shape index (κ1) is 14.4. The van der Waals surface area contributed by atoms with Crippen LogP contribution in [0.25, 0.3) is 0 Å². The second-order valence-corrected chi connectivity index (χ2v) is 4.62. The van der Waals surface area contributed by atoms with Gasteiger partial charge in [0, 0.05) is 17.3 Å². The van der Waals surface area contributed by atoms with E-state index < -0.39 is 0 Å². The van der Waals surface area contributed by atoms with E-state index in [4.69, 9.17) is 16.3 Å². The van der Waals surface area contributed by atoms with Crippen LogP contribution >= 0.6 is 11.6 Å². The van der Waals surface area contributed by atoms with Gasteiger partial charge in [-0.25, -0.2) is 4.79 Å². The molecule has 0 spiro atoms. The van der Waals surface area contributed by atoms with Crippen molar-refractivity contribution >= 4 is 23.3 Å². The molecular formula is C16H16ClNO2. The van der Waals surface area contributed by atoms with E-state index in [0.29, 0.717) is 23.7 Å². The summed E-state index contributed by atoms with van der Waals surface area (Å²) < 4.78 is 5.04. The monoisotopic (exact) mass is 289 g/mol. The number of hydrogen-bond acceptors (Lipinski definition) is 3. The summed E-state index contributed by atoms with van der Waals surface area (Å²) in [5.74, 6) is -0.324. The molecule has 0 aliphatic carbocycles. The van der Waals surface area contributed by atoms with Crippen LogP contribution in [0.2, 0.25) is 5.02 Å². The van der Waals surface area contributed by atoms with Gasteiger partial charge in [0.15, 0.2) is 0 Å². The molecule has 4 heteroatoms. The zero-order valence-electron chi connectivity index (χ0n) is 11.2. The van der Waals surface area contributed by atoms with E-state index in [-0.39, 0.29) is 5.97 Å². The van der Waals surface area contributed by atoms with Gasteiger partial charge in [-0.1, -0.05) is 41.9 Å². The third kappa shape index (κ3) is 3.52. The third-order valence-electron chi connectivity index (χ3n) is 2.85. The van der Waals surface area contributed by atoms with Crippen molar-refractivity contribution in [2.45, 2.75) is 13.5 Å². The van der Waals surface area contributed by atoms with Gasteiger partial charge in [-0.3, -0.25) is 0 Å². The fourth-order valence-corrected chi connectivity index (χ4v) is 2.06. The molecule has 0 fully saturated rings. The van der Waals surface area contributed by atoms with Gasteiger partial charge in [-0.05, 0) is 30.7 Å². The van der Waals surface area contributed by atoms with Crippen molar-refractivity contribution in [2.24, 2.45) is 0 Å². The minimum absolute atomic E-state index is 0.324. The topological polar surface area (TPSA) is 38.3 Å². The van der Waals surface area contributed by atoms with E-state index in [1.54, 1.807) is 13.0 Å². The van der Waals surface area contributed by atoms with Gasteiger partial charge in [0.1, 0.15) is 0 Å². The number of anilines is 1. The lowest BCUT2D eigenvalue weighted by atomic mass is 10.1. The van der Waals surface area contributed by atoms with Gasteiger partial charge in [-0.2, -0.15) is 0 Å². The normalized spacial score (nSPS) is 10.1. The Hall–Kier alpha value is -2.00. The molecule has 1 N–H and O–H groups in total. The molecule has 0 heterocycles. The number of benzene rings is 2. The van der Waals surface area contributed by atoms with Crippen molar-refractivity contribution in [2.75, 3.05) is 11.9 Å². The highest BCUT2D eigenvalue weighted by Gasteiger charge is 2.11. The number of carbonyl (C=O) groups is 1. The fraction of sp³-hybridized carbons (Fsp3) is 0.188. The lowest BCUT2D eigenvalue weighted by Gasteiger charge is -2.12. The lowest BCUT2D eigenvalue weighted by molar-refractivity contribution is 0.0527. The van der Waals surface area contributed by atoms with Crippen LogP contribution in [0.5, 0.6) is 0 Å². The molecule has 20 heavy (non-hydrogen) atoms. The molecule has 0 amide bonds. The Bertz CT molecular complexity index is 599. The Morgan fingerprint density at radius 1 is 1.15 bits per heavy atom. The number of para-hydroxylation sites is 1. The summed E-state index contributed by atoms with van der Waals surface area (Å²) in [5.41, 5.74) is 2.25. The number of ether oxygens (including phenoxy) is 1. The first-order chi connectivity index (χ1) is 9.72. The minimum atomic E-state index is -0.324. The van der Waals surface area contributed by atoms with Crippen molar-refractivity contribution in [1.29, 1.82) is 0 Å². The molecule has 2 aromatic rings. The van der Waals surface area contributed by atoms with Gasteiger partial charge < -0.3 is 10.1 Å². The van der Waals surface area contributed by atoms with Gasteiger partial charge in [0.2, 0.25) is 0 Å². The van der Waals surface area contributed by atoms with Crippen LogP contribution in [0.4, 0.5) is 5.69 Å². The van der Waals surface area contributed by atoms with Crippen LogP contribution in [0.1, 0.15) is 22.8 Å². The average Bonchev–Trinajstić information content (AvgIpc) is 2.47. The van der Waals surface area contributed by atoms with Crippen molar-refractivity contribution < 1.29 is 9.53 Å². The zero-order chi connectivity index (χ0) is 14.4. The highest BCUT2D eigenvalue weighted by molar-refractivity contribution is 6.31. The highest BCUT2D eigenvalue weighted by atomic mass is 35.5. The molecule has 2 rings (SSSR count). The Morgan fingerprint density at radius 3 is 2.60 bits per heavy atom. The molecule has 0 saturated carbocycles. The zero-order valence-corrected chi connectivity index (χ0v) is 12.0. The highest BCUT2D eigenvalue weighted by Crippen LogP contribution is 2.20. The summed E-state index contributed by atoms with van der Waals surface area (Å²) in [4.78, 5) is 11.9. The SMILES string of the molecule is CCOC(=O)c1ccccc1NCc1ccccc1Cl. The van der Waals surface area contributed by atoms with E-state index in [9.17, 15) is 4.79 Å². The van der Waals surface area contributed by atoms with Gasteiger partial charge >= 0.3 is 5.97 Å². The number of halogens is 1. The fourth-order valence-electron chi connectivity index (χ4n) is 1.86. The van der Waals surface area contributed by atoms with E-state index in [1.165, 1.54) is 0 Å². The first-order valence-corrected chi connectivity index (χ1v) is 6.83. The van der Waals surface area contributed by atoms with Crippen LogP contribution in [0.3, 0.4) is 0 Å². The third-order valence-corrected chi connectivity index (χ3v) is 3.22. The largest absolute Gasteiger partial charge is 0.462 e. The smallest absolute Gasteiger partial charge is 0.340 e. The lowest BCUT2D eigenvalue weighted by Crippen LogP contribution is -2.09. The van der Waals surface area contributed by atoms with E-state index >= 15 is 0 Å². The van der Waals surface area contributed by atoms with Crippen molar-refractivity contribution in [3.05, 3.63) is 64.7 Å². The molecule has 104 valence electrons. The quantitative estimate of drug-likeness (QED) is 0.841. The molecule has 0 unspecified atom stereocenters. The maximum absolute atomic E-state index is 11.9. The molecule has 0 aliphatic rings. The van der Waals surface area contributed by atoms with Crippen LogP contribution in [-0.2, 0) is 11.3 Å². The van der Waals surface area contributed by atoms with E-state index in [0.717, 1.165) is 11.3 Å². The second kappa shape index (κ2) is 6.96. The molecular weight excluding hydrogens is 274 g/mol. The van der Waals surface area contributed by atoms with Crippen LogP contribution in [-0.4, -0.2) is 12.6 Å². The summed E-state index contributed by atoms with van der Waals surface area (Å²) in [6.07, 6.45) is 0. The Labute approximate surface area is 123 Å². The number of carbonyl (C=O) groups excluding carboxylic acids is 1. The Balaban J connectivity index is 2.14. The first-order valence-electron chi connectivity index (χ1n) is 6.45. The minimum Gasteiger partial charge on any atom is -0.462 e. The Morgan fingerprint density at radius 2 is 1.85 bits per heavy atom. The van der Waals surface area contributed by atoms with Gasteiger partial charge in [0.05, 0.1) is 12.2 Å². The second-order valence-electron chi connectivity index (χ2n) is 4.21. The van der Waals surface area contributed by atoms with E-state index in [1.807, 2.05) is 42.5 Å². The van der Waals surface area contributed by atoms with E-state index in [2.05, 4.69) is 5.32 Å². The Kier molecular flexibility index (Phi) is 5.02. The predicted molar refractivity (Wildman–Crippen MR) is 81.2 cm³/mol. The maximum Gasteiger partial charge on any atom is 0.340 e.